The standard InChI is InChI=1S/C22H25NO4/c1-22(13-26-2)12-16-11-15(8-10-19(16)27-22)21(25)23-20-17-6-4-3-5-14(17)7-9-18(20)24/h3-6,8,10-11,18,20,24H,7,9,12-13H2,1-2H3,(H,23,25)/t18-,20-,22-/m1/s1. The van der Waals surface area contributed by atoms with Gasteiger partial charge >= 0.3 is 0 Å². The molecule has 4 rings (SSSR count). The molecule has 2 aliphatic rings. The number of aryl methyl sites for hydroxylation is 1. The number of methoxy groups -OCH3 is 1. The first kappa shape index (κ1) is 18.0. The lowest BCUT2D eigenvalue weighted by Gasteiger charge is -2.31. The van der Waals surface area contributed by atoms with Gasteiger partial charge in [-0.1, -0.05) is 24.3 Å². The van der Waals surface area contributed by atoms with Crippen LogP contribution in [0.5, 0.6) is 5.75 Å². The third kappa shape index (κ3) is 3.45. The highest BCUT2D eigenvalue weighted by Gasteiger charge is 2.35. The van der Waals surface area contributed by atoms with Crippen molar-refractivity contribution in [2.75, 3.05) is 13.7 Å². The van der Waals surface area contributed by atoms with Crippen LogP contribution in [0.3, 0.4) is 0 Å². The van der Waals surface area contributed by atoms with E-state index in [2.05, 4.69) is 11.4 Å². The van der Waals surface area contributed by atoms with Crippen LogP contribution in [0.4, 0.5) is 0 Å². The molecule has 1 heterocycles. The van der Waals surface area contributed by atoms with Crippen molar-refractivity contribution in [2.24, 2.45) is 0 Å². The topological polar surface area (TPSA) is 67.8 Å². The molecule has 0 radical (unpaired) electrons. The number of nitrogens with one attached hydrogen (secondary N) is 1. The first-order valence-corrected chi connectivity index (χ1v) is 9.37. The van der Waals surface area contributed by atoms with E-state index in [4.69, 9.17) is 9.47 Å². The van der Waals surface area contributed by atoms with Crippen LogP contribution in [0, 0.1) is 0 Å². The maximum Gasteiger partial charge on any atom is 0.251 e. The zero-order valence-corrected chi connectivity index (χ0v) is 15.7. The fourth-order valence-corrected chi connectivity index (χ4v) is 4.19. The molecule has 27 heavy (non-hydrogen) atoms. The minimum atomic E-state index is -0.577. The number of ether oxygens (including phenoxy) is 2. The first-order valence-electron chi connectivity index (χ1n) is 9.37. The minimum absolute atomic E-state index is 0.182. The van der Waals surface area contributed by atoms with Gasteiger partial charge < -0.3 is 19.9 Å². The predicted molar refractivity (Wildman–Crippen MR) is 102 cm³/mol. The van der Waals surface area contributed by atoms with Gasteiger partial charge in [0.05, 0.1) is 18.8 Å². The van der Waals surface area contributed by atoms with Crippen molar-refractivity contribution in [3.05, 3.63) is 64.7 Å². The lowest BCUT2D eigenvalue weighted by atomic mass is 9.85. The molecule has 2 aromatic rings. The highest BCUT2D eigenvalue weighted by Crippen LogP contribution is 2.36. The maximum atomic E-state index is 12.9. The molecular formula is C22H25NO4. The molecule has 0 saturated carbocycles. The lowest BCUT2D eigenvalue weighted by molar-refractivity contribution is 0.0205. The second-order valence-electron chi connectivity index (χ2n) is 7.74. The summed E-state index contributed by atoms with van der Waals surface area (Å²) in [4.78, 5) is 12.9. The zero-order valence-electron chi connectivity index (χ0n) is 15.7. The van der Waals surface area contributed by atoms with Gasteiger partial charge in [-0.2, -0.15) is 0 Å². The summed E-state index contributed by atoms with van der Waals surface area (Å²) in [5.41, 5.74) is 3.37. The second-order valence-corrected chi connectivity index (χ2v) is 7.74. The average molecular weight is 367 g/mol. The van der Waals surface area contributed by atoms with Gasteiger partial charge in [-0.15, -0.1) is 0 Å². The number of benzene rings is 2. The number of fused-ring (bicyclic) bond motifs is 2. The van der Waals surface area contributed by atoms with Gasteiger partial charge in [0.1, 0.15) is 11.4 Å². The van der Waals surface area contributed by atoms with E-state index in [1.54, 1.807) is 13.2 Å². The first-order chi connectivity index (χ1) is 13.0. The predicted octanol–water partition coefficient (Wildman–Crippen LogP) is 2.80. The normalized spacial score (nSPS) is 26.0. The molecule has 142 valence electrons. The van der Waals surface area contributed by atoms with E-state index in [0.29, 0.717) is 25.0 Å². The van der Waals surface area contributed by atoms with E-state index < -0.39 is 11.7 Å². The Morgan fingerprint density at radius 1 is 1.30 bits per heavy atom. The Bertz CT molecular complexity index is 865. The number of hydrogen-bond acceptors (Lipinski definition) is 4. The molecule has 1 aliphatic heterocycles. The van der Waals surface area contributed by atoms with E-state index in [1.165, 1.54) is 5.56 Å². The third-order valence-electron chi connectivity index (χ3n) is 5.46. The number of carbonyl (C=O) groups excluding carboxylic acids is 1. The molecular weight excluding hydrogens is 342 g/mol. The van der Waals surface area contributed by atoms with Crippen molar-refractivity contribution < 1.29 is 19.4 Å². The third-order valence-corrected chi connectivity index (χ3v) is 5.46. The second kappa shape index (κ2) is 6.98. The van der Waals surface area contributed by atoms with Crippen molar-refractivity contribution in [2.45, 2.75) is 43.9 Å². The Labute approximate surface area is 159 Å². The van der Waals surface area contributed by atoms with Crippen LogP contribution >= 0.6 is 0 Å². The lowest BCUT2D eigenvalue weighted by Crippen LogP contribution is -2.39. The monoisotopic (exact) mass is 367 g/mol. The van der Waals surface area contributed by atoms with Gasteiger partial charge in [-0.05, 0) is 54.7 Å². The van der Waals surface area contributed by atoms with E-state index in [1.807, 2.05) is 37.3 Å². The Hall–Kier alpha value is -2.37. The SMILES string of the molecule is COC[C@@]1(C)Cc2cc(C(=O)N[C@@H]3c4ccccc4CC[C@H]3O)ccc2O1. The molecule has 0 saturated heterocycles. The van der Waals surface area contributed by atoms with E-state index in [9.17, 15) is 9.90 Å². The number of aliphatic hydroxyl groups excluding tert-OH is 1. The molecule has 0 aromatic heterocycles. The largest absolute Gasteiger partial charge is 0.485 e. The molecule has 0 spiro atoms. The molecule has 1 amide bonds. The molecule has 0 bridgehead atoms. The van der Waals surface area contributed by atoms with E-state index >= 15 is 0 Å². The quantitative estimate of drug-likeness (QED) is 0.872. The van der Waals surface area contributed by atoms with E-state index in [0.717, 1.165) is 23.3 Å². The summed E-state index contributed by atoms with van der Waals surface area (Å²) in [6.45, 7) is 2.50. The summed E-state index contributed by atoms with van der Waals surface area (Å²) in [5, 5.41) is 13.5. The summed E-state index contributed by atoms with van der Waals surface area (Å²) in [7, 11) is 1.66. The maximum absolute atomic E-state index is 12.9. The number of aliphatic hydroxyl groups is 1. The summed E-state index contributed by atoms with van der Waals surface area (Å²) in [6.07, 6.45) is 1.60. The molecule has 2 aromatic carbocycles. The van der Waals surface area contributed by atoms with Crippen molar-refractivity contribution in [3.63, 3.8) is 0 Å². The molecule has 0 unspecified atom stereocenters. The molecule has 0 fully saturated rings. The van der Waals surface area contributed by atoms with Crippen LogP contribution in [-0.2, 0) is 17.6 Å². The molecule has 1 aliphatic carbocycles. The van der Waals surface area contributed by atoms with Gasteiger partial charge in [0.2, 0.25) is 0 Å². The minimum Gasteiger partial charge on any atom is -0.485 e. The molecule has 5 nitrogen and oxygen atoms in total. The van der Waals surface area contributed by atoms with Gasteiger partial charge in [0.15, 0.2) is 0 Å². The van der Waals surface area contributed by atoms with Crippen LogP contribution in [0.25, 0.3) is 0 Å². The summed E-state index contributed by atoms with van der Waals surface area (Å²) in [6, 6.07) is 13.1. The Kier molecular flexibility index (Phi) is 4.66. The molecule has 2 N–H and O–H groups in total. The summed E-state index contributed by atoms with van der Waals surface area (Å²) >= 11 is 0. The fourth-order valence-electron chi connectivity index (χ4n) is 4.19. The number of hydrogen-bond donors (Lipinski definition) is 2. The van der Waals surface area contributed by atoms with Crippen molar-refractivity contribution in [1.29, 1.82) is 0 Å². The summed E-state index contributed by atoms with van der Waals surface area (Å²) in [5.74, 6) is 0.619. The molecule has 3 atom stereocenters. The Balaban J connectivity index is 1.54. The van der Waals surface area contributed by atoms with Gasteiger partial charge in [-0.3, -0.25) is 4.79 Å². The summed E-state index contributed by atoms with van der Waals surface area (Å²) < 4.78 is 11.2. The number of rotatable bonds is 4. The van der Waals surface area contributed by atoms with Crippen LogP contribution in [0.1, 0.15) is 46.4 Å². The number of amides is 1. The fraction of sp³-hybridized carbons (Fsp3) is 0.409. The van der Waals surface area contributed by atoms with Gasteiger partial charge in [0.25, 0.3) is 5.91 Å². The number of carbonyl (C=O) groups is 1. The van der Waals surface area contributed by atoms with Crippen LogP contribution in [-0.4, -0.2) is 36.4 Å². The zero-order chi connectivity index (χ0) is 19.0. The van der Waals surface area contributed by atoms with Crippen LogP contribution in [0.2, 0.25) is 0 Å². The van der Waals surface area contributed by atoms with E-state index in [-0.39, 0.29) is 11.9 Å². The van der Waals surface area contributed by atoms with Crippen LogP contribution in [0.15, 0.2) is 42.5 Å². The van der Waals surface area contributed by atoms with Gasteiger partial charge in [0, 0.05) is 19.1 Å². The Morgan fingerprint density at radius 2 is 2.11 bits per heavy atom. The average Bonchev–Trinajstić information content (AvgIpc) is 2.99. The highest BCUT2D eigenvalue weighted by molar-refractivity contribution is 5.95. The highest BCUT2D eigenvalue weighted by atomic mass is 16.5. The van der Waals surface area contributed by atoms with Gasteiger partial charge in [-0.25, -0.2) is 0 Å². The van der Waals surface area contributed by atoms with Crippen molar-refractivity contribution in [1.82, 2.24) is 5.32 Å². The van der Waals surface area contributed by atoms with Crippen molar-refractivity contribution >= 4 is 5.91 Å². The smallest absolute Gasteiger partial charge is 0.251 e. The van der Waals surface area contributed by atoms with Crippen molar-refractivity contribution in [3.8, 4) is 5.75 Å². The Morgan fingerprint density at radius 3 is 2.93 bits per heavy atom. The molecule has 5 heteroatoms. The van der Waals surface area contributed by atoms with Crippen LogP contribution < -0.4 is 10.1 Å².